The van der Waals surface area contributed by atoms with E-state index in [0.717, 1.165) is 44.7 Å². The number of hydrogen-bond acceptors (Lipinski definition) is 3. The molecule has 0 atom stereocenters. The van der Waals surface area contributed by atoms with Crippen molar-refractivity contribution >= 4 is 5.69 Å². The van der Waals surface area contributed by atoms with Gasteiger partial charge >= 0.3 is 6.18 Å². The Labute approximate surface area is 146 Å². The zero-order valence-corrected chi connectivity index (χ0v) is 14.3. The summed E-state index contributed by atoms with van der Waals surface area (Å²) in [7, 11) is 0. The second-order valence-corrected chi connectivity index (χ2v) is 7.01. The van der Waals surface area contributed by atoms with Gasteiger partial charge in [0.15, 0.2) is 0 Å². The topological polar surface area (TPSA) is 18.5 Å². The maximum Gasteiger partial charge on any atom is 0.416 e. The van der Waals surface area contributed by atoms with Crippen molar-refractivity contribution in [3.8, 4) is 0 Å². The van der Waals surface area contributed by atoms with Gasteiger partial charge in [-0.1, -0.05) is 0 Å². The van der Waals surface area contributed by atoms with Gasteiger partial charge in [0.2, 0.25) is 0 Å². The minimum absolute atomic E-state index is 0.324. The van der Waals surface area contributed by atoms with E-state index < -0.39 is 17.6 Å². The van der Waals surface area contributed by atoms with Gasteiger partial charge in [-0.05, 0) is 63.0 Å². The van der Waals surface area contributed by atoms with Crippen LogP contribution in [0.4, 0.5) is 23.2 Å². The first kappa shape index (κ1) is 18.5. The Morgan fingerprint density at radius 3 is 2.32 bits per heavy atom. The number of nitrogens with zero attached hydrogens (tertiary/aromatic N) is 2. The molecule has 140 valence electrons. The normalized spacial score (nSPS) is 20.9. The predicted octanol–water partition coefficient (Wildman–Crippen LogP) is 3.36. The minimum atomic E-state index is -4.52. The molecule has 0 aromatic heterocycles. The third kappa shape index (κ3) is 5.07. The van der Waals surface area contributed by atoms with E-state index in [0.29, 0.717) is 24.8 Å². The van der Waals surface area contributed by atoms with Crippen LogP contribution in [0.1, 0.15) is 24.8 Å². The Morgan fingerprint density at radius 1 is 1.00 bits per heavy atom. The smallest absolute Gasteiger partial charge is 0.369 e. The van der Waals surface area contributed by atoms with Crippen molar-refractivity contribution in [2.45, 2.75) is 25.4 Å². The molecule has 25 heavy (non-hydrogen) atoms. The van der Waals surface area contributed by atoms with Crippen molar-refractivity contribution in [2.75, 3.05) is 50.7 Å². The van der Waals surface area contributed by atoms with E-state index in [1.165, 1.54) is 25.3 Å². The molecule has 0 bridgehead atoms. The van der Waals surface area contributed by atoms with Crippen molar-refractivity contribution in [3.05, 3.63) is 29.6 Å². The summed E-state index contributed by atoms with van der Waals surface area (Å²) in [6.07, 6.45) is -0.889. The molecular formula is C18H25F4N3. The van der Waals surface area contributed by atoms with E-state index in [1.807, 2.05) is 4.90 Å². The highest BCUT2D eigenvalue weighted by Crippen LogP contribution is 2.33. The first-order chi connectivity index (χ1) is 11.9. The Bertz CT molecular complexity index is 562. The summed E-state index contributed by atoms with van der Waals surface area (Å²) in [5.41, 5.74) is -0.596. The van der Waals surface area contributed by atoms with E-state index in [-0.39, 0.29) is 0 Å². The highest BCUT2D eigenvalue weighted by atomic mass is 19.4. The van der Waals surface area contributed by atoms with Gasteiger partial charge in [0.25, 0.3) is 0 Å². The van der Waals surface area contributed by atoms with E-state index in [9.17, 15) is 17.6 Å². The molecule has 2 saturated heterocycles. The maximum absolute atomic E-state index is 13.6. The maximum atomic E-state index is 13.6. The number of benzene rings is 1. The third-order valence-corrected chi connectivity index (χ3v) is 5.26. The molecular weight excluding hydrogens is 334 g/mol. The van der Waals surface area contributed by atoms with E-state index in [4.69, 9.17) is 0 Å². The molecule has 0 amide bonds. The molecule has 0 unspecified atom stereocenters. The van der Waals surface area contributed by atoms with Gasteiger partial charge in [-0.25, -0.2) is 4.39 Å². The molecule has 0 spiro atoms. The average Bonchev–Trinajstić information content (AvgIpc) is 2.60. The van der Waals surface area contributed by atoms with Gasteiger partial charge in [-0.2, -0.15) is 13.2 Å². The van der Waals surface area contributed by atoms with Crippen LogP contribution < -0.4 is 10.2 Å². The molecule has 3 nitrogen and oxygen atoms in total. The second kappa shape index (κ2) is 7.91. The lowest BCUT2D eigenvalue weighted by atomic mass is 9.94. The van der Waals surface area contributed by atoms with Crippen molar-refractivity contribution < 1.29 is 17.6 Å². The summed E-state index contributed by atoms with van der Waals surface area (Å²) < 4.78 is 52.1. The fourth-order valence-corrected chi connectivity index (χ4v) is 3.69. The van der Waals surface area contributed by atoms with Gasteiger partial charge in [-0.15, -0.1) is 0 Å². The monoisotopic (exact) mass is 359 g/mol. The fourth-order valence-electron chi connectivity index (χ4n) is 3.69. The third-order valence-electron chi connectivity index (χ3n) is 5.26. The van der Waals surface area contributed by atoms with E-state index >= 15 is 0 Å². The first-order valence-corrected chi connectivity index (χ1v) is 8.97. The van der Waals surface area contributed by atoms with Gasteiger partial charge < -0.3 is 10.2 Å². The fraction of sp³-hybridized carbons (Fsp3) is 0.667. The number of nitrogens with one attached hydrogen (secondary N) is 1. The second-order valence-electron chi connectivity index (χ2n) is 7.01. The summed E-state index contributed by atoms with van der Waals surface area (Å²) >= 11 is 0. The first-order valence-electron chi connectivity index (χ1n) is 8.97. The van der Waals surface area contributed by atoms with Crippen LogP contribution in [0, 0.1) is 11.7 Å². The molecule has 2 heterocycles. The predicted molar refractivity (Wildman–Crippen MR) is 90.3 cm³/mol. The summed E-state index contributed by atoms with van der Waals surface area (Å²) in [5.74, 6) is -0.0602. The van der Waals surface area contributed by atoms with Crippen LogP contribution in [0.2, 0.25) is 0 Å². The number of hydrogen-bond donors (Lipinski definition) is 1. The van der Waals surface area contributed by atoms with Gasteiger partial charge in [0.05, 0.1) is 5.56 Å². The van der Waals surface area contributed by atoms with Gasteiger partial charge in [-0.3, -0.25) is 4.90 Å². The van der Waals surface area contributed by atoms with Crippen molar-refractivity contribution in [2.24, 2.45) is 5.92 Å². The standard InChI is InChI=1S/C18H25F4N3/c19-16-11-15(18(20,21)22)12-17(13-16)25-9-7-24(8-10-25)6-3-14-1-4-23-5-2-14/h11-14,23H,1-10H2. The molecule has 2 fully saturated rings. The number of alkyl halides is 3. The van der Waals surface area contributed by atoms with Crippen molar-refractivity contribution in [1.82, 2.24) is 10.2 Å². The summed E-state index contributed by atoms with van der Waals surface area (Å²) in [5, 5.41) is 3.37. The number of rotatable bonds is 4. The van der Waals surface area contributed by atoms with Crippen LogP contribution in [0.25, 0.3) is 0 Å². The molecule has 0 saturated carbocycles. The van der Waals surface area contributed by atoms with Gasteiger partial charge in [0.1, 0.15) is 5.82 Å². The van der Waals surface area contributed by atoms with Crippen LogP contribution in [-0.2, 0) is 6.18 Å². The molecule has 1 aromatic rings. The van der Waals surface area contributed by atoms with E-state index in [2.05, 4.69) is 10.2 Å². The van der Waals surface area contributed by atoms with Crippen LogP contribution in [0.15, 0.2) is 18.2 Å². The molecule has 1 aromatic carbocycles. The highest BCUT2D eigenvalue weighted by Gasteiger charge is 2.32. The molecule has 1 N–H and O–H groups in total. The van der Waals surface area contributed by atoms with Crippen LogP contribution in [0.5, 0.6) is 0 Å². The summed E-state index contributed by atoms with van der Waals surface area (Å²) in [6, 6.07) is 2.80. The zero-order valence-electron chi connectivity index (χ0n) is 14.3. The van der Waals surface area contributed by atoms with Crippen LogP contribution in [0.3, 0.4) is 0 Å². The van der Waals surface area contributed by atoms with Gasteiger partial charge in [0, 0.05) is 31.9 Å². The van der Waals surface area contributed by atoms with Crippen LogP contribution >= 0.6 is 0 Å². The molecule has 7 heteroatoms. The zero-order chi connectivity index (χ0) is 17.9. The number of anilines is 1. The Kier molecular flexibility index (Phi) is 5.84. The number of piperidine rings is 1. The lowest BCUT2D eigenvalue weighted by Crippen LogP contribution is -2.47. The molecule has 2 aliphatic rings. The summed E-state index contributed by atoms with van der Waals surface area (Å²) in [4.78, 5) is 4.21. The lowest BCUT2D eigenvalue weighted by molar-refractivity contribution is -0.137. The minimum Gasteiger partial charge on any atom is -0.369 e. The summed E-state index contributed by atoms with van der Waals surface area (Å²) in [6.45, 7) is 6.11. The molecule has 3 rings (SSSR count). The molecule has 0 aliphatic carbocycles. The van der Waals surface area contributed by atoms with Crippen molar-refractivity contribution in [1.29, 1.82) is 0 Å². The largest absolute Gasteiger partial charge is 0.416 e. The quantitative estimate of drug-likeness (QED) is 0.832. The Balaban J connectivity index is 1.52. The lowest BCUT2D eigenvalue weighted by Gasteiger charge is -2.37. The van der Waals surface area contributed by atoms with Crippen molar-refractivity contribution in [3.63, 3.8) is 0 Å². The Morgan fingerprint density at radius 2 is 1.68 bits per heavy atom. The highest BCUT2D eigenvalue weighted by molar-refractivity contribution is 5.50. The average molecular weight is 359 g/mol. The SMILES string of the molecule is Fc1cc(N2CCN(CCC3CCNCC3)CC2)cc(C(F)(F)F)c1. The van der Waals surface area contributed by atoms with Crippen LogP contribution in [-0.4, -0.2) is 50.7 Å². The van der Waals surface area contributed by atoms with E-state index in [1.54, 1.807) is 0 Å². The number of halogens is 4. The Hall–Kier alpha value is -1.34. The molecule has 0 radical (unpaired) electrons. The molecule has 2 aliphatic heterocycles. The number of piperazine rings is 1.